The van der Waals surface area contributed by atoms with Gasteiger partial charge < -0.3 is 10.4 Å². The molecule has 0 aromatic rings. The summed E-state index contributed by atoms with van der Waals surface area (Å²) in [7, 11) is 0. The highest BCUT2D eigenvalue weighted by atomic mass is 16.3. The Hall–Kier alpha value is -0.570. The first kappa shape index (κ1) is 10.9. The van der Waals surface area contributed by atoms with Crippen molar-refractivity contribution in [2.45, 2.75) is 63.5 Å². The quantitative estimate of drug-likeness (QED) is 0.745. The van der Waals surface area contributed by atoms with Crippen LogP contribution in [0, 0.1) is 5.92 Å². The number of hydrogen-bond donors (Lipinski definition) is 2. The molecule has 3 heteroatoms. The van der Waals surface area contributed by atoms with Gasteiger partial charge in [0.05, 0.1) is 0 Å². The second-order valence-corrected chi connectivity index (χ2v) is 4.98. The van der Waals surface area contributed by atoms with E-state index in [0.29, 0.717) is 6.04 Å². The first-order valence-corrected chi connectivity index (χ1v) is 6.26. The molecule has 0 saturated heterocycles. The Labute approximate surface area is 91.2 Å². The summed E-state index contributed by atoms with van der Waals surface area (Å²) < 4.78 is 0. The predicted octanol–water partition coefficient (Wildman–Crippen LogP) is 1.60. The Bertz CT molecular complexity index is 220. The van der Waals surface area contributed by atoms with E-state index in [4.69, 9.17) is 0 Å². The van der Waals surface area contributed by atoms with Gasteiger partial charge in [0.25, 0.3) is 0 Å². The Kier molecular flexibility index (Phi) is 3.62. The van der Waals surface area contributed by atoms with Crippen LogP contribution in [0.4, 0.5) is 0 Å². The van der Waals surface area contributed by atoms with E-state index in [-0.39, 0.29) is 11.8 Å². The SMILES string of the molecule is O=C(NC1CCCCC1)C(O)C1CCC1. The summed E-state index contributed by atoms with van der Waals surface area (Å²) in [5.74, 6) is 0.0974. The van der Waals surface area contributed by atoms with Crippen LogP contribution in [-0.2, 0) is 4.79 Å². The number of rotatable bonds is 3. The lowest BCUT2D eigenvalue weighted by atomic mass is 9.80. The van der Waals surface area contributed by atoms with Crippen LogP contribution in [0.25, 0.3) is 0 Å². The van der Waals surface area contributed by atoms with Crippen LogP contribution in [0.3, 0.4) is 0 Å². The van der Waals surface area contributed by atoms with E-state index >= 15 is 0 Å². The largest absolute Gasteiger partial charge is 0.383 e. The summed E-state index contributed by atoms with van der Waals surface area (Å²) in [6.45, 7) is 0. The zero-order valence-corrected chi connectivity index (χ0v) is 9.24. The molecule has 0 bridgehead atoms. The van der Waals surface area contributed by atoms with Crippen LogP contribution in [-0.4, -0.2) is 23.2 Å². The summed E-state index contributed by atoms with van der Waals surface area (Å²) in [5, 5.41) is 12.7. The molecule has 2 saturated carbocycles. The topological polar surface area (TPSA) is 49.3 Å². The molecule has 1 unspecified atom stereocenters. The highest BCUT2D eigenvalue weighted by Gasteiger charge is 2.31. The van der Waals surface area contributed by atoms with Crippen LogP contribution < -0.4 is 5.32 Å². The third-order valence-corrected chi connectivity index (χ3v) is 3.82. The smallest absolute Gasteiger partial charge is 0.249 e. The van der Waals surface area contributed by atoms with Crippen LogP contribution >= 0.6 is 0 Å². The number of carbonyl (C=O) groups excluding carboxylic acids is 1. The summed E-state index contributed by atoms with van der Waals surface area (Å²) in [6.07, 6.45) is 8.33. The highest BCUT2D eigenvalue weighted by Crippen LogP contribution is 2.29. The Balaban J connectivity index is 1.74. The summed E-state index contributed by atoms with van der Waals surface area (Å²) in [4.78, 5) is 11.7. The number of aliphatic hydroxyl groups is 1. The predicted molar refractivity (Wildman–Crippen MR) is 58.4 cm³/mol. The molecule has 0 heterocycles. The van der Waals surface area contributed by atoms with Gasteiger partial charge in [0, 0.05) is 6.04 Å². The zero-order valence-electron chi connectivity index (χ0n) is 9.24. The van der Waals surface area contributed by atoms with Crippen molar-refractivity contribution in [3.63, 3.8) is 0 Å². The van der Waals surface area contributed by atoms with Gasteiger partial charge in [-0.2, -0.15) is 0 Å². The van der Waals surface area contributed by atoms with Gasteiger partial charge in [-0.1, -0.05) is 25.7 Å². The van der Waals surface area contributed by atoms with Crippen LogP contribution in [0.2, 0.25) is 0 Å². The maximum absolute atomic E-state index is 11.7. The Morgan fingerprint density at radius 2 is 1.73 bits per heavy atom. The molecule has 0 aromatic carbocycles. The number of nitrogens with one attached hydrogen (secondary N) is 1. The second kappa shape index (κ2) is 4.97. The van der Waals surface area contributed by atoms with Crippen molar-refractivity contribution in [2.24, 2.45) is 5.92 Å². The summed E-state index contributed by atoms with van der Waals surface area (Å²) in [5.41, 5.74) is 0. The van der Waals surface area contributed by atoms with E-state index in [1.807, 2.05) is 0 Å². The zero-order chi connectivity index (χ0) is 10.7. The second-order valence-electron chi connectivity index (χ2n) is 4.98. The number of carbonyl (C=O) groups is 1. The monoisotopic (exact) mass is 211 g/mol. The third-order valence-electron chi connectivity index (χ3n) is 3.82. The standard InChI is InChI=1S/C12H21NO2/c14-11(9-5-4-6-9)12(15)13-10-7-2-1-3-8-10/h9-11,14H,1-8H2,(H,13,15). The summed E-state index contributed by atoms with van der Waals surface area (Å²) in [6, 6.07) is 0.320. The molecule has 1 atom stereocenters. The van der Waals surface area contributed by atoms with E-state index in [9.17, 15) is 9.90 Å². The average Bonchev–Trinajstić information content (AvgIpc) is 2.16. The van der Waals surface area contributed by atoms with E-state index in [0.717, 1.165) is 25.7 Å². The van der Waals surface area contributed by atoms with E-state index < -0.39 is 6.10 Å². The van der Waals surface area contributed by atoms with Gasteiger partial charge in [0.1, 0.15) is 6.10 Å². The molecule has 2 aliphatic carbocycles. The normalized spacial score (nSPS) is 25.7. The minimum atomic E-state index is -0.749. The highest BCUT2D eigenvalue weighted by molar-refractivity contribution is 5.81. The van der Waals surface area contributed by atoms with Gasteiger partial charge in [0.2, 0.25) is 5.91 Å². The molecule has 0 spiro atoms. The minimum absolute atomic E-state index is 0.133. The van der Waals surface area contributed by atoms with E-state index in [1.165, 1.54) is 25.7 Å². The van der Waals surface area contributed by atoms with Gasteiger partial charge in [-0.3, -0.25) is 4.79 Å². The third kappa shape index (κ3) is 2.71. The van der Waals surface area contributed by atoms with Crippen molar-refractivity contribution in [3.05, 3.63) is 0 Å². The number of amides is 1. The van der Waals surface area contributed by atoms with E-state index in [1.54, 1.807) is 0 Å². The maximum Gasteiger partial charge on any atom is 0.249 e. The molecule has 2 rings (SSSR count). The lowest BCUT2D eigenvalue weighted by Crippen LogP contribution is -2.46. The lowest BCUT2D eigenvalue weighted by Gasteiger charge is -2.31. The first-order valence-electron chi connectivity index (χ1n) is 6.26. The first-order chi connectivity index (χ1) is 7.27. The molecule has 86 valence electrons. The van der Waals surface area contributed by atoms with Crippen molar-refractivity contribution in [2.75, 3.05) is 0 Å². The molecular formula is C12H21NO2. The average molecular weight is 211 g/mol. The molecule has 1 amide bonds. The lowest BCUT2D eigenvalue weighted by molar-refractivity contribution is -0.134. The van der Waals surface area contributed by atoms with Crippen molar-refractivity contribution in [1.29, 1.82) is 0 Å². The van der Waals surface area contributed by atoms with Crippen molar-refractivity contribution in [3.8, 4) is 0 Å². The van der Waals surface area contributed by atoms with Crippen molar-refractivity contribution in [1.82, 2.24) is 5.32 Å². The molecule has 0 aliphatic heterocycles. The van der Waals surface area contributed by atoms with Crippen molar-refractivity contribution < 1.29 is 9.90 Å². The van der Waals surface area contributed by atoms with Gasteiger partial charge in [-0.05, 0) is 31.6 Å². The fraction of sp³-hybridized carbons (Fsp3) is 0.917. The molecule has 0 aromatic heterocycles. The molecule has 15 heavy (non-hydrogen) atoms. The van der Waals surface area contributed by atoms with Gasteiger partial charge >= 0.3 is 0 Å². The summed E-state index contributed by atoms with van der Waals surface area (Å²) >= 11 is 0. The maximum atomic E-state index is 11.7. The molecular weight excluding hydrogens is 190 g/mol. The van der Waals surface area contributed by atoms with Gasteiger partial charge in [0.15, 0.2) is 0 Å². The molecule has 2 fully saturated rings. The molecule has 0 radical (unpaired) electrons. The van der Waals surface area contributed by atoms with Crippen molar-refractivity contribution >= 4 is 5.91 Å². The molecule has 2 N–H and O–H groups in total. The molecule has 3 nitrogen and oxygen atoms in total. The fourth-order valence-electron chi connectivity index (χ4n) is 2.50. The number of hydrogen-bond acceptors (Lipinski definition) is 2. The van der Waals surface area contributed by atoms with Gasteiger partial charge in [-0.15, -0.1) is 0 Å². The Morgan fingerprint density at radius 3 is 2.27 bits per heavy atom. The van der Waals surface area contributed by atoms with E-state index in [2.05, 4.69) is 5.32 Å². The van der Waals surface area contributed by atoms with Crippen LogP contribution in [0.5, 0.6) is 0 Å². The Morgan fingerprint density at radius 1 is 1.07 bits per heavy atom. The van der Waals surface area contributed by atoms with Gasteiger partial charge in [-0.25, -0.2) is 0 Å². The minimum Gasteiger partial charge on any atom is -0.383 e. The fourth-order valence-corrected chi connectivity index (χ4v) is 2.50. The van der Waals surface area contributed by atoms with Crippen LogP contribution in [0.15, 0.2) is 0 Å². The molecule has 2 aliphatic rings. The van der Waals surface area contributed by atoms with Crippen LogP contribution in [0.1, 0.15) is 51.4 Å². The number of aliphatic hydroxyl groups excluding tert-OH is 1.